The number of guanidine groups is 1. The van der Waals surface area contributed by atoms with Gasteiger partial charge in [-0.15, -0.1) is 24.0 Å². The van der Waals surface area contributed by atoms with Gasteiger partial charge in [-0.3, -0.25) is 4.99 Å². The third kappa shape index (κ3) is 5.85. The fourth-order valence-corrected chi connectivity index (χ4v) is 3.90. The van der Waals surface area contributed by atoms with Gasteiger partial charge in [-0.25, -0.2) is 4.98 Å². The zero-order chi connectivity index (χ0) is 21.6. The van der Waals surface area contributed by atoms with Crippen molar-refractivity contribution in [3.05, 3.63) is 53.3 Å². The van der Waals surface area contributed by atoms with Crippen LogP contribution in [0.5, 0.6) is 11.5 Å². The van der Waals surface area contributed by atoms with Crippen LogP contribution in [0.3, 0.4) is 0 Å². The molecule has 0 bridgehead atoms. The number of para-hydroxylation sites is 2. The van der Waals surface area contributed by atoms with Crippen molar-refractivity contribution in [1.82, 2.24) is 20.6 Å². The van der Waals surface area contributed by atoms with Crippen LogP contribution in [0.2, 0.25) is 0 Å². The van der Waals surface area contributed by atoms with Crippen molar-refractivity contribution < 1.29 is 9.47 Å². The largest absolute Gasteiger partial charge is 0.494 e. The molecule has 4 rings (SSSR count). The maximum Gasteiger partial charge on any atom is 0.191 e. The van der Waals surface area contributed by atoms with Crippen molar-refractivity contribution in [3.8, 4) is 11.5 Å². The van der Waals surface area contributed by atoms with E-state index >= 15 is 0 Å². The highest BCUT2D eigenvalue weighted by Gasteiger charge is 2.21. The number of hydrogen-bond donors (Lipinski definition) is 3. The smallest absolute Gasteiger partial charge is 0.191 e. The highest BCUT2D eigenvalue weighted by molar-refractivity contribution is 14.0. The van der Waals surface area contributed by atoms with E-state index in [2.05, 4.69) is 50.7 Å². The second kappa shape index (κ2) is 11.4. The number of aromatic nitrogens is 2. The molecule has 1 atom stereocenters. The normalized spacial score (nSPS) is 15.1. The number of hydrogen-bond acceptors (Lipinski definition) is 4. The van der Waals surface area contributed by atoms with E-state index in [9.17, 15) is 0 Å². The summed E-state index contributed by atoms with van der Waals surface area (Å²) in [6, 6.07) is 12.3. The van der Waals surface area contributed by atoms with Crippen LogP contribution in [0.25, 0.3) is 11.0 Å². The fraction of sp³-hybridized carbons (Fsp3) is 0.417. The second-order valence-corrected chi connectivity index (χ2v) is 7.79. The Hall–Kier alpha value is -2.49. The summed E-state index contributed by atoms with van der Waals surface area (Å²) in [7, 11) is 1.78. The molecule has 3 aromatic rings. The third-order valence-electron chi connectivity index (χ3n) is 5.37. The minimum Gasteiger partial charge on any atom is -0.494 e. The number of fused-ring (bicyclic) bond motifs is 2. The summed E-state index contributed by atoms with van der Waals surface area (Å²) in [5.41, 5.74) is 4.38. The zero-order valence-electron chi connectivity index (χ0n) is 18.9. The molecule has 7 nitrogen and oxygen atoms in total. The summed E-state index contributed by atoms with van der Waals surface area (Å²) >= 11 is 0. The average Bonchev–Trinajstić information content (AvgIpc) is 3.34. The predicted molar refractivity (Wildman–Crippen MR) is 139 cm³/mol. The van der Waals surface area contributed by atoms with Gasteiger partial charge in [-0.1, -0.05) is 12.1 Å². The number of nitrogens with one attached hydrogen (secondary N) is 3. The molecule has 3 N–H and O–H groups in total. The standard InChI is InChI=1S/C24H31N5O2.HI/c1-4-30-21-13-17-12-16(2)31-22(17)14-18(21)15-27-24(25-3)26-11-7-10-23-28-19-8-5-6-9-20(19)29-23;/h5-6,8-9,13-14,16H,4,7,10-12,15H2,1-3H3,(H,28,29)(H2,25,26,27);1H. The molecule has 1 aliphatic rings. The van der Waals surface area contributed by atoms with Crippen LogP contribution in [0, 0.1) is 0 Å². The molecule has 8 heteroatoms. The first-order valence-electron chi connectivity index (χ1n) is 11.0. The molecule has 0 radical (unpaired) electrons. The van der Waals surface area contributed by atoms with E-state index in [-0.39, 0.29) is 30.1 Å². The van der Waals surface area contributed by atoms with Gasteiger partial charge in [0.2, 0.25) is 0 Å². The van der Waals surface area contributed by atoms with Crippen molar-refractivity contribution in [2.45, 2.75) is 45.8 Å². The van der Waals surface area contributed by atoms with Gasteiger partial charge in [0.25, 0.3) is 0 Å². The lowest BCUT2D eigenvalue weighted by Crippen LogP contribution is -2.37. The number of aromatic amines is 1. The Kier molecular flexibility index (Phi) is 8.60. The molecular formula is C24H32IN5O2. The van der Waals surface area contributed by atoms with Crippen molar-refractivity contribution in [1.29, 1.82) is 0 Å². The SMILES string of the molecule is CCOc1cc2c(cc1CNC(=NC)NCCCc1nc3ccccc3[nH]1)OC(C)C2.I. The lowest BCUT2D eigenvalue weighted by atomic mass is 10.1. The number of aryl methyl sites for hydroxylation is 1. The molecule has 0 aliphatic carbocycles. The number of halogens is 1. The molecule has 1 aromatic heterocycles. The topological polar surface area (TPSA) is 83.6 Å². The summed E-state index contributed by atoms with van der Waals surface area (Å²) < 4.78 is 11.8. The molecule has 0 amide bonds. The van der Waals surface area contributed by atoms with E-state index in [1.165, 1.54) is 5.56 Å². The van der Waals surface area contributed by atoms with Crippen molar-refractivity contribution in [2.24, 2.45) is 4.99 Å². The molecule has 2 aromatic carbocycles. The number of H-pyrrole nitrogens is 1. The van der Waals surface area contributed by atoms with Crippen molar-refractivity contribution in [3.63, 3.8) is 0 Å². The summed E-state index contributed by atoms with van der Waals surface area (Å²) in [4.78, 5) is 12.3. The first kappa shape index (κ1) is 24.2. The summed E-state index contributed by atoms with van der Waals surface area (Å²) in [6.45, 7) is 6.15. The first-order chi connectivity index (χ1) is 15.2. The van der Waals surface area contributed by atoms with Crippen LogP contribution < -0.4 is 20.1 Å². The van der Waals surface area contributed by atoms with Gasteiger partial charge in [0, 0.05) is 44.1 Å². The number of aliphatic imine (C=N–C) groups is 1. The highest BCUT2D eigenvalue weighted by atomic mass is 127. The Morgan fingerprint density at radius 3 is 2.91 bits per heavy atom. The zero-order valence-corrected chi connectivity index (χ0v) is 21.2. The molecule has 2 heterocycles. The van der Waals surface area contributed by atoms with Gasteiger partial charge in [0.1, 0.15) is 23.4 Å². The van der Waals surface area contributed by atoms with Gasteiger partial charge in [0.15, 0.2) is 5.96 Å². The van der Waals surface area contributed by atoms with E-state index in [1.54, 1.807) is 7.05 Å². The molecule has 0 fully saturated rings. The Balaban J connectivity index is 0.00000289. The van der Waals surface area contributed by atoms with Crippen LogP contribution in [-0.4, -0.2) is 42.2 Å². The highest BCUT2D eigenvalue weighted by Crippen LogP contribution is 2.35. The summed E-state index contributed by atoms with van der Waals surface area (Å²) in [6.07, 6.45) is 2.98. The molecule has 172 valence electrons. The van der Waals surface area contributed by atoms with E-state index in [0.717, 1.165) is 65.7 Å². The molecular weight excluding hydrogens is 517 g/mol. The Morgan fingerprint density at radius 2 is 2.12 bits per heavy atom. The number of imidazole rings is 1. The Morgan fingerprint density at radius 1 is 1.28 bits per heavy atom. The predicted octanol–water partition coefficient (Wildman–Crippen LogP) is 4.20. The molecule has 1 aliphatic heterocycles. The maximum absolute atomic E-state index is 5.92. The Labute approximate surface area is 206 Å². The molecule has 32 heavy (non-hydrogen) atoms. The van der Waals surface area contributed by atoms with Crippen LogP contribution in [0.4, 0.5) is 0 Å². The van der Waals surface area contributed by atoms with E-state index in [1.807, 2.05) is 25.1 Å². The van der Waals surface area contributed by atoms with E-state index < -0.39 is 0 Å². The minimum atomic E-state index is 0. The maximum atomic E-state index is 5.92. The molecule has 0 saturated carbocycles. The fourth-order valence-electron chi connectivity index (χ4n) is 3.90. The molecule has 0 spiro atoms. The van der Waals surface area contributed by atoms with Crippen molar-refractivity contribution in [2.75, 3.05) is 20.2 Å². The van der Waals surface area contributed by atoms with Crippen LogP contribution in [0.1, 0.15) is 37.2 Å². The van der Waals surface area contributed by atoms with Crippen LogP contribution in [0.15, 0.2) is 41.4 Å². The monoisotopic (exact) mass is 549 g/mol. The summed E-state index contributed by atoms with van der Waals surface area (Å²) in [5.74, 6) is 3.65. The molecule has 1 unspecified atom stereocenters. The van der Waals surface area contributed by atoms with Crippen LogP contribution in [-0.2, 0) is 19.4 Å². The van der Waals surface area contributed by atoms with E-state index in [0.29, 0.717) is 13.2 Å². The molecule has 0 saturated heterocycles. The minimum absolute atomic E-state index is 0. The number of ether oxygens (including phenoxy) is 2. The van der Waals surface area contributed by atoms with Gasteiger partial charge in [0.05, 0.1) is 17.6 Å². The van der Waals surface area contributed by atoms with Gasteiger partial charge < -0.3 is 25.1 Å². The van der Waals surface area contributed by atoms with Crippen LogP contribution >= 0.6 is 24.0 Å². The lowest BCUT2D eigenvalue weighted by Gasteiger charge is -2.15. The number of rotatable bonds is 8. The van der Waals surface area contributed by atoms with Crippen molar-refractivity contribution >= 4 is 41.0 Å². The number of benzene rings is 2. The second-order valence-electron chi connectivity index (χ2n) is 7.79. The van der Waals surface area contributed by atoms with Gasteiger partial charge in [-0.05, 0) is 44.5 Å². The van der Waals surface area contributed by atoms with E-state index in [4.69, 9.17) is 9.47 Å². The third-order valence-corrected chi connectivity index (χ3v) is 5.37. The first-order valence-corrected chi connectivity index (χ1v) is 11.0. The quantitative estimate of drug-likeness (QED) is 0.170. The Bertz CT molecular complexity index is 1030. The number of nitrogens with zero attached hydrogens (tertiary/aromatic N) is 2. The summed E-state index contributed by atoms with van der Waals surface area (Å²) in [5, 5.41) is 6.77. The van der Waals surface area contributed by atoms with Gasteiger partial charge >= 0.3 is 0 Å². The lowest BCUT2D eigenvalue weighted by molar-refractivity contribution is 0.254. The average molecular weight is 549 g/mol. The van der Waals surface area contributed by atoms with Gasteiger partial charge in [-0.2, -0.15) is 0 Å².